The Kier molecular flexibility index (Phi) is 13.1. The van der Waals surface area contributed by atoms with E-state index in [2.05, 4.69) is 16.0 Å². The molecule has 12 heteroatoms. The van der Waals surface area contributed by atoms with Gasteiger partial charge in [0.1, 0.15) is 37.1 Å². The average molecular weight is 433 g/mol. The molecular weight excluding hydrogens is 397 g/mol. The van der Waals surface area contributed by atoms with Crippen LogP contribution in [-0.4, -0.2) is 113 Å². The van der Waals surface area contributed by atoms with Crippen molar-refractivity contribution in [2.24, 2.45) is 0 Å². The summed E-state index contributed by atoms with van der Waals surface area (Å²) in [4.78, 5) is 11.7. The predicted octanol–water partition coefficient (Wildman–Crippen LogP) is -2.45. The first-order valence-electron chi connectivity index (χ1n) is 9.28. The summed E-state index contributed by atoms with van der Waals surface area (Å²) in [5.41, 5.74) is 0. The second kappa shape index (κ2) is 13.2. The first kappa shape index (κ1) is 27.8. The molecule has 6 atom stereocenters. The smallest absolute Gasteiger partial charge is 0.268 e. The van der Waals surface area contributed by atoms with Crippen LogP contribution in [0, 0.1) is 0 Å². The van der Waals surface area contributed by atoms with Gasteiger partial charge in [-0.25, -0.2) is 0 Å². The van der Waals surface area contributed by atoms with Crippen molar-refractivity contribution in [1.82, 2.24) is 0 Å². The molecule has 0 radical (unpaired) electrons. The van der Waals surface area contributed by atoms with Crippen molar-refractivity contribution >= 4 is 7.82 Å². The van der Waals surface area contributed by atoms with Crippen LogP contribution in [0.5, 0.6) is 0 Å². The summed E-state index contributed by atoms with van der Waals surface area (Å²) in [5, 5.41) is 56.6. The number of unbranched alkanes of at least 4 members (excludes halogenated alkanes) is 2. The quantitative estimate of drug-likeness (QED) is 0.0869. The van der Waals surface area contributed by atoms with Gasteiger partial charge in [0.05, 0.1) is 40.5 Å². The molecule has 0 aromatic carbocycles. The third kappa shape index (κ3) is 11.7. The highest BCUT2D eigenvalue weighted by Crippen LogP contribution is 2.38. The Morgan fingerprint density at radius 3 is 2.04 bits per heavy atom. The van der Waals surface area contributed by atoms with E-state index in [0.29, 0.717) is 4.48 Å². The fourth-order valence-electron chi connectivity index (χ4n) is 2.55. The van der Waals surface area contributed by atoms with E-state index in [1.54, 1.807) is 0 Å². The Bertz CT molecular complexity index is 467. The van der Waals surface area contributed by atoms with Gasteiger partial charge in [-0.1, -0.05) is 13.3 Å². The highest BCUT2D eigenvalue weighted by Gasteiger charge is 2.31. The first-order valence-corrected chi connectivity index (χ1v) is 10.7. The Labute approximate surface area is 166 Å². The number of phosphoric acid groups is 1. The molecule has 6 unspecified atom stereocenters. The van der Waals surface area contributed by atoms with E-state index >= 15 is 0 Å². The molecule has 0 fully saturated rings. The summed E-state index contributed by atoms with van der Waals surface area (Å²) in [6.45, 7) is 0.853. The SMILES string of the molecule is CCCCC[N+](C)(C)CC(O)COP(=O)([O-])OCC(O)C(O)C(O)C(O)CO. The third-order valence-corrected chi connectivity index (χ3v) is 5.16. The lowest BCUT2D eigenvalue weighted by Crippen LogP contribution is -2.47. The zero-order valence-electron chi connectivity index (χ0n) is 16.8. The highest BCUT2D eigenvalue weighted by molar-refractivity contribution is 7.45. The first-order chi connectivity index (χ1) is 12.8. The van der Waals surface area contributed by atoms with Crippen LogP contribution in [0.2, 0.25) is 0 Å². The Hall–Kier alpha value is -0.170. The zero-order valence-corrected chi connectivity index (χ0v) is 17.6. The number of rotatable bonds is 16. The third-order valence-electron chi connectivity index (χ3n) is 4.23. The molecule has 0 saturated carbocycles. The summed E-state index contributed by atoms with van der Waals surface area (Å²) in [6.07, 6.45) is -5.36. The molecule has 0 spiro atoms. The fraction of sp³-hybridized carbons (Fsp3) is 1.00. The largest absolute Gasteiger partial charge is 0.756 e. The number of phosphoric ester groups is 1. The number of aliphatic hydroxyl groups excluding tert-OH is 6. The Morgan fingerprint density at radius 2 is 1.50 bits per heavy atom. The lowest BCUT2D eigenvalue weighted by Gasteiger charge is -2.33. The molecule has 0 aromatic heterocycles. The van der Waals surface area contributed by atoms with Crippen molar-refractivity contribution in [1.29, 1.82) is 0 Å². The van der Waals surface area contributed by atoms with Crippen LogP contribution in [-0.2, 0) is 13.6 Å². The molecule has 28 heavy (non-hydrogen) atoms. The van der Waals surface area contributed by atoms with Crippen molar-refractivity contribution in [3.8, 4) is 0 Å². The van der Waals surface area contributed by atoms with E-state index in [9.17, 15) is 35.0 Å². The van der Waals surface area contributed by atoms with E-state index < -0.39 is 58.2 Å². The van der Waals surface area contributed by atoms with Gasteiger partial charge in [0.15, 0.2) is 0 Å². The van der Waals surface area contributed by atoms with Crippen LogP contribution in [0.1, 0.15) is 26.2 Å². The summed E-state index contributed by atoms with van der Waals surface area (Å²) >= 11 is 0. The van der Waals surface area contributed by atoms with Crippen molar-refractivity contribution in [2.45, 2.75) is 56.7 Å². The van der Waals surface area contributed by atoms with Crippen molar-refractivity contribution in [3.63, 3.8) is 0 Å². The van der Waals surface area contributed by atoms with E-state index in [1.807, 2.05) is 14.1 Å². The number of likely N-dealkylation sites (N-methyl/N-ethyl adjacent to an activating group) is 1. The monoisotopic (exact) mass is 433 g/mol. The molecule has 0 saturated heterocycles. The second-order valence-corrected chi connectivity index (χ2v) is 8.95. The zero-order chi connectivity index (χ0) is 22.0. The Morgan fingerprint density at radius 1 is 0.964 bits per heavy atom. The van der Waals surface area contributed by atoms with E-state index in [1.165, 1.54) is 0 Å². The summed E-state index contributed by atoms with van der Waals surface area (Å²) < 4.78 is 21.2. The minimum Gasteiger partial charge on any atom is -0.756 e. The lowest BCUT2D eigenvalue weighted by molar-refractivity contribution is -0.893. The van der Waals surface area contributed by atoms with Gasteiger partial charge in [-0.3, -0.25) is 4.57 Å². The van der Waals surface area contributed by atoms with Crippen LogP contribution in [0.25, 0.3) is 0 Å². The molecule has 6 N–H and O–H groups in total. The lowest BCUT2D eigenvalue weighted by atomic mass is 10.0. The Balaban J connectivity index is 4.37. The standard InChI is InChI=1S/C16H36NO10P/c1-4-5-6-7-17(2,3)8-12(19)10-26-28(24,25)27-11-14(21)16(23)15(22)13(20)9-18/h12-16,18-23H,4-11H2,1-3H3. The maximum absolute atomic E-state index is 11.7. The molecule has 0 bridgehead atoms. The average Bonchev–Trinajstić information content (AvgIpc) is 2.62. The van der Waals surface area contributed by atoms with Crippen LogP contribution in [0.15, 0.2) is 0 Å². The van der Waals surface area contributed by atoms with Gasteiger partial charge in [0.2, 0.25) is 0 Å². The van der Waals surface area contributed by atoms with Gasteiger partial charge < -0.3 is 49.1 Å². The van der Waals surface area contributed by atoms with Crippen LogP contribution in [0.4, 0.5) is 0 Å². The molecule has 0 aliphatic carbocycles. The molecule has 0 amide bonds. The van der Waals surface area contributed by atoms with Crippen LogP contribution in [0.3, 0.4) is 0 Å². The predicted molar refractivity (Wildman–Crippen MR) is 98.0 cm³/mol. The van der Waals surface area contributed by atoms with Crippen molar-refractivity contribution in [3.05, 3.63) is 0 Å². The van der Waals surface area contributed by atoms with Gasteiger partial charge in [0, 0.05) is 0 Å². The number of hydrogen-bond donors (Lipinski definition) is 6. The number of quaternary nitrogens is 1. The van der Waals surface area contributed by atoms with Gasteiger partial charge >= 0.3 is 0 Å². The minimum absolute atomic E-state index is 0.274. The minimum atomic E-state index is -4.87. The second-order valence-electron chi connectivity index (χ2n) is 7.54. The number of hydrogen-bond acceptors (Lipinski definition) is 10. The molecule has 0 aliphatic rings. The molecule has 0 rings (SSSR count). The molecule has 0 aromatic rings. The normalized spacial score (nSPS) is 20.2. The maximum atomic E-state index is 11.7. The fourth-order valence-corrected chi connectivity index (χ4v) is 3.31. The summed E-state index contributed by atoms with van der Waals surface area (Å²) in [5.74, 6) is 0. The summed E-state index contributed by atoms with van der Waals surface area (Å²) in [6, 6.07) is 0. The van der Waals surface area contributed by atoms with Crippen LogP contribution >= 0.6 is 7.82 Å². The van der Waals surface area contributed by atoms with Crippen molar-refractivity contribution in [2.75, 3.05) is 47.0 Å². The molecule has 170 valence electrons. The van der Waals surface area contributed by atoms with Crippen molar-refractivity contribution < 1.29 is 53.6 Å². The van der Waals surface area contributed by atoms with E-state index in [-0.39, 0.29) is 6.54 Å². The van der Waals surface area contributed by atoms with Gasteiger partial charge in [0.25, 0.3) is 7.82 Å². The van der Waals surface area contributed by atoms with E-state index in [0.717, 1.165) is 25.8 Å². The van der Waals surface area contributed by atoms with Crippen LogP contribution < -0.4 is 4.89 Å². The number of nitrogens with zero attached hydrogens (tertiary/aromatic N) is 1. The molecule has 0 heterocycles. The maximum Gasteiger partial charge on any atom is 0.268 e. The molecule has 0 aliphatic heterocycles. The van der Waals surface area contributed by atoms with Gasteiger partial charge in [-0.05, 0) is 12.8 Å². The van der Waals surface area contributed by atoms with E-state index in [4.69, 9.17) is 5.11 Å². The topological polar surface area (TPSA) is 180 Å². The molecular formula is C16H36NO10P. The van der Waals surface area contributed by atoms with Gasteiger partial charge in [-0.15, -0.1) is 0 Å². The highest BCUT2D eigenvalue weighted by atomic mass is 31.2. The molecule has 11 nitrogen and oxygen atoms in total. The van der Waals surface area contributed by atoms with Gasteiger partial charge in [-0.2, -0.15) is 0 Å². The summed E-state index contributed by atoms with van der Waals surface area (Å²) in [7, 11) is -1.05. The number of aliphatic hydroxyl groups is 6.